The van der Waals surface area contributed by atoms with E-state index in [2.05, 4.69) is 5.32 Å². The number of nitrogens with one attached hydrogen (secondary N) is 1. The Kier molecular flexibility index (Phi) is 10.1. The summed E-state index contributed by atoms with van der Waals surface area (Å²) in [6.07, 6.45) is -0.0360. The van der Waals surface area contributed by atoms with E-state index in [0.717, 1.165) is 5.56 Å². The summed E-state index contributed by atoms with van der Waals surface area (Å²) < 4.78 is 48.8. The van der Waals surface area contributed by atoms with Gasteiger partial charge in [0.1, 0.15) is 30.0 Å². The Balaban J connectivity index is 0.00000385. The van der Waals surface area contributed by atoms with E-state index in [0.29, 0.717) is 31.0 Å². The predicted molar refractivity (Wildman–Crippen MR) is 127 cm³/mol. The lowest BCUT2D eigenvalue weighted by Gasteiger charge is -2.13. The van der Waals surface area contributed by atoms with Crippen LogP contribution in [-0.2, 0) is 16.3 Å². The quantitative estimate of drug-likeness (QED) is 0.395. The number of halogens is 2. The van der Waals surface area contributed by atoms with E-state index in [4.69, 9.17) is 9.47 Å². The molecule has 0 radical (unpaired) electrons. The molecule has 0 unspecified atom stereocenters. The molecule has 3 aromatic rings. The van der Waals surface area contributed by atoms with Gasteiger partial charge in [-0.15, -0.1) is 12.4 Å². The van der Waals surface area contributed by atoms with Crippen LogP contribution in [-0.4, -0.2) is 46.4 Å². The molecule has 178 valence electrons. The van der Waals surface area contributed by atoms with Crippen molar-refractivity contribution in [2.24, 2.45) is 0 Å². The Morgan fingerprint density at radius 3 is 2.03 bits per heavy atom. The summed E-state index contributed by atoms with van der Waals surface area (Å²) in [5.41, 5.74) is 0.975. The molecule has 33 heavy (non-hydrogen) atoms. The van der Waals surface area contributed by atoms with Crippen molar-refractivity contribution in [3.05, 3.63) is 84.2 Å². The van der Waals surface area contributed by atoms with E-state index in [-0.39, 0.29) is 34.6 Å². The first kappa shape index (κ1) is 26.6. The molecular formula is C24H27ClFNO5S. The molecule has 0 aromatic heterocycles. The molecule has 0 aliphatic heterocycles. The van der Waals surface area contributed by atoms with Crippen molar-refractivity contribution in [3.63, 3.8) is 0 Å². The van der Waals surface area contributed by atoms with Crippen LogP contribution >= 0.6 is 12.4 Å². The highest BCUT2D eigenvalue weighted by atomic mass is 35.5. The van der Waals surface area contributed by atoms with Crippen molar-refractivity contribution >= 4 is 22.2 Å². The van der Waals surface area contributed by atoms with Crippen molar-refractivity contribution in [3.8, 4) is 11.5 Å². The molecular weight excluding hydrogens is 469 g/mol. The van der Waals surface area contributed by atoms with Gasteiger partial charge < -0.3 is 19.9 Å². The molecule has 0 aliphatic rings. The number of benzene rings is 3. The smallest absolute Gasteiger partial charge is 0.206 e. The molecule has 0 amide bonds. The fourth-order valence-corrected chi connectivity index (χ4v) is 4.27. The Labute approximate surface area is 199 Å². The Bertz CT molecular complexity index is 1090. The zero-order chi connectivity index (χ0) is 23.0. The molecule has 6 nitrogen and oxygen atoms in total. The molecule has 0 saturated carbocycles. The number of aliphatic hydroxyl groups excluding tert-OH is 1. The highest BCUT2D eigenvalue weighted by Gasteiger charge is 2.17. The van der Waals surface area contributed by atoms with Gasteiger partial charge in [-0.3, -0.25) is 0 Å². The molecule has 3 rings (SSSR count). The summed E-state index contributed by atoms with van der Waals surface area (Å²) in [4.78, 5) is 0.442. The minimum absolute atomic E-state index is 0. The van der Waals surface area contributed by atoms with E-state index < -0.39 is 15.9 Å². The van der Waals surface area contributed by atoms with Gasteiger partial charge in [0.05, 0.1) is 16.9 Å². The van der Waals surface area contributed by atoms with Crippen molar-refractivity contribution in [1.82, 2.24) is 5.32 Å². The summed E-state index contributed by atoms with van der Waals surface area (Å²) in [5.74, 6) is 0.750. The molecule has 3 aromatic carbocycles. The third kappa shape index (κ3) is 7.71. The fourth-order valence-electron chi connectivity index (χ4n) is 3.01. The monoisotopic (exact) mass is 495 g/mol. The largest absolute Gasteiger partial charge is 0.497 e. The maximum atomic E-state index is 12.9. The van der Waals surface area contributed by atoms with Crippen LogP contribution in [0.1, 0.15) is 5.56 Å². The highest BCUT2D eigenvalue weighted by molar-refractivity contribution is 7.91. The molecule has 9 heteroatoms. The molecule has 0 fully saturated rings. The number of hydrogen-bond donors (Lipinski definition) is 2. The number of sulfone groups is 1. The van der Waals surface area contributed by atoms with E-state index in [1.807, 2.05) is 0 Å². The zero-order valence-electron chi connectivity index (χ0n) is 18.1. The van der Waals surface area contributed by atoms with Gasteiger partial charge in [-0.05, 0) is 79.2 Å². The summed E-state index contributed by atoms with van der Waals surface area (Å²) in [6.45, 7) is 1.04. The highest BCUT2D eigenvalue weighted by Crippen LogP contribution is 2.23. The number of aliphatic hydroxyl groups is 1. The molecule has 0 spiro atoms. The first-order valence-corrected chi connectivity index (χ1v) is 11.6. The van der Waals surface area contributed by atoms with Gasteiger partial charge in [0.15, 0.2) is 0 Å². The summed E-state index contributed by atoms with van der Waals surface area (Å²) in [5, 5.41) is 13.1. The maximum absolute atomic E-state index is 12.9. The lowest BCUT2D eigenvalue weighted by molar-refractivity contribution is 0.106. The van der Waals surface area contributed by atoms with Crippen molar-refractivity contribution in [1.29, 1.82) is 0 Å². The Hall–Kier alpha value is -2.65. The lowest BCUT2D eigenvalue weighted by Crippen LogP contribution is -2.32. The lowest BCUT2D eigenvalue weighted by atomic mass is 10.1. The topological polar surface area (TPSA) is 84.9 Å². The standard InChI is InChI=1S/C24H26FNO5S.ClH/c1-30-21-8-12-24(13-9-21)32(28,29)23-10-2-18(3-11-23)14-15-26-16-20(27)17-31-22-6-4-19(25)5-7-22;/h2-13,20,26-27H,14-17H2,1H3;1H/t20-;/m0./s1. The second-order valence-corrected chi connectivity index (χ2v) is 9.15. The number of hydrogen-bond acceptors (Lipinski definition) is 6. The molecule has 2 N–H and O–H groups in total. The van der Waals surface area contributed by atoms with Gasteiger partial charge in [-0.2, -0.15) is 0 Å². The van der Waals surface area contributed by atoms with E-state index in [9.17, 15) is 17.9 Å². The van der Waals surface area contributed by atoms with Crippen LogP contribution in [0.4, 0.5) is 4.39 Å². The zero-order valence-corrected chi connectivity index (χ0v) is 19.7. The first-order valence-electron chi connectivity index (χ1n) is 10.1. The molecule has 0 bridgehead atoms. The summed E-state index contributed by atoms with van der Waals surface area (Å²) in [7, 11) is -2.06. The fraction of sp³-hybridized carbons (Fsp3) is 0.250. The van der Waals surface area contributed by atoms with Crippen LogP contribution in [0.15, 0.2) is 82.6 Å². The van der Waals surface area contributed by atoms with Gasteiger partial charge >= 0.3 is 0 Å². The Morgan fingerprint density at radius 1 is 0.909 bits per heavy atom. The summed E-state index contributed by atoms with van der Waals surface area (Å²) >= 11 is 0. The minimum Gasteiger partial charge on any atom is -0.497 e. The molecule has 0 saturated heterocycles. The van der Waals surface area contributed by atoms with Gasteiger partial charge in [-0.1, -0.05) is 12.1 Å². The van der Waals surface area contributed by atoms with Crippen LogP contribution in [0.5, 0.6) is 11.5 Å². The van der Waals surface area contributed by atoms with Gasteiger partial charge in [0.2, 0.25) is 9.84 Å². The van der Waals surface area contributed by atoms with Crippen LogP contribution in [0.25, 0.3) is 0 Å². The molecule has 0 aliphatic carbocycles. The molecule has 0 heterocycles. The summed E-state index contributed by atoms with van der Waals surface area (Å²) in [6, 6.07) is 18.7. The van der Waals surface area contributed by atoms with Gasteiger partial charge in [0, 0.05) is 6.54 Å². The van der Waals surface area contributed by atoms with Crippen LogP contribution < -0.4 is 14.8 Å². The predicted octanol–water partition coefficient (Wildman–Crippen LogP) is 3.66. The molecule has 1 atom stereocenters. The normalized spacial score (nSPS) is 12.0. The van der Waals surface area contributed by atoms with Crippen LogP contribution in [0.2, 0.25) is 0 Å². The van der Waals surface area contributed by atoms with Crippen molar-refractivity contribution < 1.29 is 27.4 Å². The van der Waals surface area contributed by atoms with Crippen LogP contribution in [0.3, 0.4) is 0 Å². The van der Waals surface area contributed by atoms with Crippen LogP contribution in [0, 0.1) is 5.82 Å². The SMILES string of the molecule is COc1ccc(S(=O)(=O)c2ccc(CCNC[C@H](O)COc3ccc(F)cc3)cc2)cc1.Cl. The first-order chi connectivity index (χ1) is 15.4. The van der Waals surface area contributed by atoms with Gasteiger partial charge in [0.25, 0.3) is 0 Å². The van der Waals surface area contributed by atoms with E-state index >= 15 is 0 Å². The number of ether oxygens (including phenoxy) is 2. The minimum atomic E-state index is -3.59. The number of methoxy groups -OCH3 is 1. The van der Waals surface area contributed by atoms with Crippen molar-refractivity contribution in [2.45, 2.75) is 22.3 Å². The van der Waals surface area contributed by atoms with E-state index in [1.165, 1.54) is 43.5 Å². The Morgan fingerprint density at radius 2 is 1.45 bits per heavy atom. The number of rotatable bonds is 11. The third-order valence-corrected chi connectivity index (χ3v) is 6.62. The average molecular weight is 496 g/mol. The van der Waals surface area contributed by atoms with Crippen molar-refractivity contribution in [2.75, 3.05) is 26.8 Å². The van der Waals surface area contributed by atoms with Gasteiger partial charge in [-0.25, -0.2) is 12.8 Å². The van der Waals surface area contributed by atoms with E-state index in [1.54, 1.807) is 36.4 Å². The second kappa shape index (κ2) is 12.6. The maximum Gasteiger partial charge on any atom is 0.206 e. The average Bonchev–Trinajstić information content (AvgIpc) is 2.82. The third-order valence-electron chi connectivity index (χ3n) is 4.83. The second-order valence-electron chi connectivity index (χ2n) is 7.20.